The smallest absolute Gasteiger partial charge is 0.135 e. The van der Waals surface area contributed by atoms with E-state index in [1.54, 1.807) is 0 Å². The minimum absolute atomic E-state index is 0.0752. The summed E-state index contributed by atoms with van der Waals surface area (Å²) in [7, 11) is 0. The van der Waals surface area contributed by atoms with Gasteiger partial charge in [0.15, 0.2) is 0 Å². The van der Waals surface area contributed by atoms with Crippen LogP contribution in [0.25, 0.3) is 0 Å². The molecule has 0 saturated heterocycles. The molecule has 1 atom stereocenters. The van der Waals surface area contributed by atoms with Crippen molar-refractivity contribution in [2.45, 2.75) is 122 Å². The second-order valence-electron chi connectivity index (χ2n) is 7.28. The summed E-state index contributed by atoms with van der Waals surface area (Å²) in [5.74, 6) is 0.0752. The number of unbranched alkanes of at least 4 members (excludes halogenated alkanes) is 14. The first-order valence-corrected chi connectivity index (χ1v) is 10.5. The lowest BCUT2D eigenvalue weighted by molar-refractivity contribution is -0.121. The van der Waals surface area contributed by atoms with Gasteiger partial charge in [-0.1, -0.05) is 96.8 Å². The Kier molecular flexibility index (Phi) is 18.6. The predicted octanol–water partition coefficient (Wildman–Crippen LogP) is 5.56. The first kappa shape index (κ1) is 23.6. The van der Waals surface area contributed by atoms with E-state index < -0.39 is 6.10 Å². The van der Waals surface area contributed by atoms with Crippen LogP contribution in [0.15, 0.2) is 0 Å². The van der Waals surface area contributed by atoms with Crippen molar-refractivity contribution in [1.82, 2.24) is 0 Å². The van der Waals surface area contributed by atoms with Crippen LogP contribution in [0, 0.1) is 0 Å². The summed E-state index contributed by atoms with van der Waals surface area (Å²) in [5, 5.41) is 17.9. The molecule has 0 aliphatic rings. The summed E-state index contributed by atoms with van der Waals surface area (Å²) >= 11 is 0. The van der Waals surface area contributed by atoms with Crippen molar-refractivity contribution in [3.63, 3.8) is 0 Å². The summed E-state index contributed by atoms with van der Waals surface area (Å²) < 4.78 is 0. The molecule has 3 heteroatoms. The van der Waals surface area contributed by atoms with E-state index in [4.69, 9.17) is 5.11 Å². The van der Waals surface area contributed by atoms with Crippen molar-refractivity contribution in [3.05, 3.63) is 0 Å². The van der Waals surface area contributed by atoms with Crippen LogP contribution in [-0.2, 0) is 4.79 Å². The topological polar surface area (TPSA) is 57.5 Å². The minimum atomic E-state index is -0.867. The minimum Gasteiger partial charge on any atom is -0.394 e. The van der Waals surface area contributed by atoms with Crippen molar-refractivity contribution in [3.8, 4) is 0 Å². The lowest BCUT2D eigenvalue weighted by Crippen LogP contribution is -2.17. The SMILES string of the molecule is CCCCCCCCCCCCCCCCCC(=O)CC(O)CO. The highest BCUT2D eigenvalue weighted by Crippen LogP contribution is 2.14. The monoisotopic (exact) mass is 342 g/mol. The van der Waals surface area contributed by atoms with Gasteiger partial charge in [0.2, 0.25) is 0 Å². The van der Waals surface area contributed by atoms with Gasteiger partial charge >= 0.3 is 0 Å². The van der Waals surface area contributed by atoms with Gasteiger partial charge in [-0.2, -0.15) is 0 Å². The van der Waals surface area contributed by atoms with Crippen molar-refractivity contribution in [1.29, 1.82) is 0 Å². The summed E-state index contributed by atoms with van der Waals surface area (Å²) in [6.45, 7) is 1.95. The van der Waals surface area contributed by atoms with Crippen LogP contribution in [0.3, 0.4) is 0 Å². The average molecular weight is 343 g/mol. The zero-order chi connectivity index (χ0) is 17.9. The fourth-order valence-corrected chi connectivity index (χ4v) is 3.12. The molecule has 0 heterocycles. The Hall–Kier alpha value is -0.410. The summed E-state index contributed by atoms with van der Waals surface area (Å²) in [6.07, 6.45) is 19.6. The zero-order valence-electron chi connectivity index (χ0n) is 16.1. The molecule has 24 heavy (non-hydrogen) atoms. The molecule has 0 radical (unpaired) electrons. The molecule has 0 saturated carbocycles. The summed E-state index contributed by atoms with van der Waals surface area (Å²) in [6, 6.07) is 0. The van der Waals surface area contributed by atoms with Crippen molar-refractivity contribution < 1.29 is 15.0 Å². The molecule has 0 spiro atoms. The third-order valence-corrected chi connectivity index (χ3v) is 4.73. The number of hydrogen-bond donors (Lipinski definition) is 2. The third kappa shape index (κ3) is 17.9. The summed E-state index contributed by atoms with van der Waals surface area (Å²) in [4.78, 5) is 11.5. The number of ketones is 1. The van der Waals surface area contributed by atoms with E-state index in [2.05, 4.69) is 6.92 Å². The maximum Gasteiger partial charge on any atom is 0.135 e. The van der Waals surface area contributed by atoms with Crippen molar-refractivity contribution in [2.24, 2.45) is 0 Å². The highest BCUT2D eigenvalue weighted by molar-refractivity contribution is 5.78. The number of carbonyl (C=O) groups excluding carboxylic acids is 1. The predicted molar refractivity (Wildman–Crippen MR) is 102 cm³/mol. The number of hydrogen-bond acceptors (Lipinski definition) is 3. The first-order valence-electron chi connectivity index (χ1n) is 10.5. The molecule has 0 aromatic rings. The Bertz CT molecular complexity index is 266. The largest absolute Gasteiger partial charge is 0.394 e. The van der Waals surface area contributed by atoms with Crippen LogP contribution in [0.1, 0.15) is 116 Å². The Labute approximate surface area is 150 Å². The molecule has 0 aliphatic carbocycles. The number of aliphatic hydroxyl groups is 2. The standard InChI is InChI=1S/C21H42O3/c1-2-3-4-5-6-7-8-9-10-11-12-13-14-15-16-17-20(23)18-21(24)19-22/h21-22,24H,2-19H2,1H3. The van der Waals surface area contributed by atoms with E-state index in [1.807, 2.05) is 0 Å². The molecule has 0 aromatic carbocycles. The zero-order valence-corrected chi connectivity index (χ0v) is 16.1. The van der Waals surface area contributed by atoms with Gasteiger partial charge in [-0.15, -0.1) is 0 Å². The fraction of sp³-hybridized carbons (Fsp3) is 0.952. The van der Waals surface area contributed by atoms with Crippen LogP contribution in [0.2, 0.25) is 0 Å². The summed E-state index contributed by atoms with van der Waals surface area (Å²) in [5.41, 5.74) is 0. The third-order valence-electron chi connectivity index (χ3n) is 4.73. The van der Waals surface area contributed by atoms with Gasteiger partial charge in [-0.3, -0.25) is 4.79 Å². The molecule has 0 bridgehead atoms. The highest BCUT2D eigenvalue weighted by atomic mass is 16.3. The lowest BCUT2D eigenvalue weighted by atomic mass is 10.0. The van der Waals surface area contributed by atoms with E-state index in [-0.39, 0.29) is 18.8 Å². The lowest BCUT2D eigenvalue weighted by Gasteiger charge is -2.06. The average Bonchev–Trinajstić information content (AvgIpc) is 2.58. The molecule has 0 amide bonds. The fourth-order valence-electron chi connectivity index (χ4n) is 3.12. The quantitative estimate of drug-likeness (QED) is 0.302. The maximum absolute atomic E-state index is 11.5. The van der Waals surface area contributed by atoms with Crippen LogP contribution < -0.4 is 0 Å². The molecular formula is C21H42O3. The van der Waals surface area contributed by atoms with Gasteiger partial charge in [0.25, 0.3) is 0 Å². The number of Topliss-reactive ketones (excluding diaryl/α,β-unsaturated/α-hetero) is 1. The van der Waals surface area contributed by atoms with E-state index in [0.717, 1.165) is 12.8 Å². The number of aliphatic hydroxyl groups excluding tert-OH is 2. The van der Waals surface area contributed by atoms with Crippen LogP contribution in [0.5, 0.6) is 0 Å². The van der Waals surface area contributed by atoms with Gasteiger partial charge in [-0.05, 0) is 6.42 Å². The molecule has 3 nitrogen and oxygen atoms in total. The molecule has 0 aromatic heterocycles. The second kappa shape index (κ2) is 18.9. The molecule has 0 fully saturated rings. The van der Waals surface area contributed by atoms with Crippen LogP contribution in [-0.4, -0.2) is 28.7 Å². The normalized spacial score (nSPS) is 12.5. The Balaban J connectivity index is 3.11. The second-order valence-corrected chi connectivity index (χ2v) is 7.28. The highest BCUT2D eigenvalue weighted by Gasteiger charge is 2.08. The number of carbonyl (C=O) groups is 1. The van der Waals surface area contributed by atoms with Crippen molar-refractivity contribution in [2.75, 3.05) is 6.61 Å². The van der Waals surface area contributed by atoms with Gasteiger partial charge < -0.3 is 10.2 Å². The van der Waals surface area contributed by atoms with Gasteiger partial charge in [0.05, 0.1) is 12.7 Å². The van der Waals surface area contributed by atoms with E-state index in [1.165, 1.54) is 83.5 Å². The Morgan fingerprint density at radius 1 is 0.708 bits per heavy atom. The molecule has 0 aliphatic heterocycles. The van der Waals surface area contributed by atoms with Gasteiger partial charge in [0, 0.05) is 12.8 Å². The first-order chi connectivity index (χ1) is 11.7. The Morgan fingerprint density at radius 2 is 1.08 bits per heavy atom. The molecular weight excluding hydrogens is 300 g/mol. The molecule has 144 valence electrons. The van der Waals surface area contributed by atoms with E-state index in [0.29, 0.717) is 6.42 Å². The molecule has 2 N–H and O–H groups in total. The van der Waals surface area contributed by atoms with Gasteiger partial charge in [0.1, 0.15) is 5.78 Å². The van der Waals surface area contributed by atoms with E-state index in [9.17, 15) is 9.90 Å². The van der Waals surface area contributed by atoms with Crippen LogP contribution >= 0.6 is 0 Å². The maximum atomic E-state index is 11.5. The van der Waals surface area contributed by atoms with Crippen LogP contribution in [0.4, 0.5) is 0 Å². The van der Waals surface area contributed by atoms with Crippen molar-refractivity contribution >= 4 is 5.78 Å². The van der Waals surface area contributed by atoms with Gasteiger partial charge in [-0.25, -0.2) is 0 Å². The number of rotatable bonds is 19. The molecule has 0 rings (SSSR count). The molecule has 1 unspecified atom stereocenters. The van der Waals surface area contributed by atoms with E-state index >= 15 is 0 Å². The Morgan fingerprint density at radius 3 is 1.46 bits per heavy atom.